The van der Waals surface area contributed by atoms with Crippen LogP contribution in [0.5, 0.6) is 0 Å². The summed E-state index contributed by atoms with van der Waals surface area (Å²) in [6.45, 7) is 0.471. The average Bonchev–Trinajstić information content (AvgIpc) is 3.22. The third-order valence-corrected chi connectivity index (χ3v) is 3.41. The van der Waals surface area contributed by atoms with Gasteiger partial charge in [-0.3, -0.25) is 9.78 Å². The fraction of sp³-hybridized carbons (Fsp3) is 0.357. The normalized spacial score (nSPS) is 15.8. The van der Waals surface area contributed by atoms with Crippen molar-refractivity contribution in [1.82, 2.24) is 15.5 Å². The van der Waals surface area contributed by atoms with Gasteiger partial charge in [-0.1, -0.05) is 5.16 Å². The molecular formula is C14H16N4O2. The lowest BCUT2D eigenvalue weighted by Gasteiger charge is -2.09. The molecule has 104 valence electrons. The first-order chi connectivity index (χ1) is 9.74. The Balaban J connectivity index is 1.62. The number of carbonyl (C=O) groups is 1. The quantitative estimate of drug-likeness (QED) is 0.853. The second-order valence-corrected chi connectivity index (χ2v) is 5.03. The lowest BCUT2D eigenvalue weighted by molar-refractivity contribution is 0.0941. The number of nitrogens with one attached hydrogen (secondary N) is 1. The van der Waals surface area contributed by atoms with Crippen molar-refractivity contribution in [2.45, 2.75) is 18.9 Å². The minimum absolute atomic E-state index is 0.0312. The molecule has 0 bridgehead atoms. The molecule has 3 N–H and O–H groups in total. The molecule has 6 heteroatoms. The van der Waals surface area contributed by atoms with Crippen molar-refractivity contribution >= 4 is 5.91 Å². The molecule has 3 rings (SSSR count). The zero-order chi connectivity index (χ0) is 13.9. The highest BCUT2D eigenvalue weighted by molar-refractivity contribution is 5.93. The lowest BCUT2D eigenvalue weighted by atomic mass is 10.2. The number of hydrogen-bond acceptors (Lipinski definition) is 5. The number of pyridine rings is 1. The number of carbonyl (C=O) groups excluding carboxylic acids is 1. The predicted octanol–water partition coefficient (Wildman–Crippen LogP) is 1.20. The Morgan fingerprint density at radius 2 is 2.40 bits per heavy atom. The van der Waals surface area contributed by atoms with Gasteiger partial charge in [0.15, 0.2) is 11.5 Å². The highest BCUT2D eigenvalue weighted by Gasteiger charge is 2.28. The van der Waals surface area contributed by atoms with E-state index >= 15 is 0 Å². The number of aromatic nitrogens is 2. The van der Waals surface area contributed by atoms with E-state index in [2.05, 4.69) is 15.5 Å². The van der Waals surface area contributed by atoms with E-state index in [-0.39, 0.29) is 17.6 Å². The van der Waals surface area contributed by atoms with E-state index in [0.717, 1.165) is 18.4 Å². The molecule has 0 aliphatic heterocycles. The van der Waals surface area contributed by atoms with Gasteiger partial charge in [-0.05, 0) is 30.9 Å². The molecule has 2 heterocycles. The highest BCUT2D eigenvalue weighted by Crippen LogP contribution is 2.31. The summed E-state index contributed by atoms with van der Waals surface area (Å²) in [5, 5.41) is 6.56. The molecule has 1 fully saturated rings. The molecular weight excluding hydrogens is 256 g/mol. The third-order valence-electron chi connectivity index (χ3n) is 3.41. The highest BCUT2D eigenvalue weighted by atomic mass is 16.5. The van der Waals surface area contributed by atoms with Crippen LogP contribution in [-0.4, -0.2) is 28.6 Å². The first-order valence-corrected chi connectivity index (χ1v) is 6.65. The number of hydrogen-bond donors (Lipinski definition) is 2. The van der Waals surface area contributed by atoms with Gasteiger partial charge < -0.3 is 15.6 Å². The Labute approximate surface area is 116 Å². The number of amides is 1. The van der Waals surface area contributed by atoms with Crippen LogP contribution in [0.15, 0.2) is 35.1 Å². The number of nitrogens with zero attached hydrogens (tertiary/aromatic N) is 2. The van der Waals surface area contributed by atoms with Gasteiger partial charge >= 0.3 is 0 Å². The van der Waals surface area contributed by atoms with Crippen molar-refractivity contribution < 1.29 is 9.32 Å². The van der Waals surface area contributed by atoms with Crippen LogP contribution in [-0.2, 0) is 0 Å². The van der Waals surface area contributed by atoms with Crippen LogP contribution in [0, 0.1) is 5.92 Å². The summed E-state index contributed by atoms with van der Waals surface area (Å²) in [6.07, 6.45) is 5.65. The summed E-state index contributed by atoms with van der Waals surface area (Å²) < 4.78 is 5.16. The maximum absolute atomic E-state index is 11.9. The van der Waals surface area contributed by atoms with Gasteiger partial charge in [0.25, 0.3) is 5.91 Å². The Hall–Kier alpha value is -2.21. The van der Waals surface area contributed by atoms with Crippen molar-refractivity contribution in [3.8, 4) is 11.3 Å². The van der Waals surface area contributed by atoms with Crippen LogP contribution >= 0.6 is 0 Å². The minimum Gasteiger partial charge on any atom is -0.355 e. The largest absolute Gasteiger partial charge is 0.355 e. The van der Waals surface area contributed by atoms with Crippen LogP contribution < -0.4 is 11.1 Å². The maximum atomic E-state index is 11.9. The van der Waals surface area contributed by atoms with E-state index in [4.69, 9.17) is 10.3 Å². The summed E-state index contributed by atoms with van der Waals surface area (Å²) in [5.41, 5.74) is 6.98. The van der Waals surface area contributed by atoms with E-state index in [0.29, 0.717) is 18.2 Å². The third kappa shape index (κ3) is 2.85. The summed E-state index contributed by atoms with van der Waals surface area (Å²) >= 11 is 0. The van der Waals surface area contributed by atoms with E-state index in [1.165, 1.54) is 0 Å². The van der Waals surface area contributed by atoms with Crippen molar-refractivity contribution in [3.63, 3.8) is 0 Å². The Morgan fingerprint density at radius 1 is 1.55 bits per heavy atom. The van der Waals surface area contributed by atoms with Gasteiger partial charge in [-0.25, -0.2) is 0 Å². The van der Waals surface area contributed by atoms with Crippen LogP contribution in [0.1, 0.15) is 23.3 Å². The predicted molar refractivity (Wildman–Crippen MR) is 72.8 cm³/mol. The molecule has 0 saturated heterocycles. The van der Waals surface area contributed by atoms with Crippen molar-refractivity contribution in [2.75, 3.05) is 6.54 Å². The molecule has 1 atom stereocenters. The zero-order valence-electron chi connectivity index (χ0n) is 11.0. The van der Waals surface area contributed by atoms with Crippen LogP contribution in [0.25, 0.3) is 11.3 Å². The van der Waals surface area contributed by atoms with E-state index in [9.17, 15) is 4.79 Å². The molecule has 1 aliphatic rings. The Bertz CT molecular complexity index is 592. The van der Waals surface area contributed by atoms with Gasteiger partial charge in [0.05, 0.1) is 0 Å². The molecule has 1 amide bonds. The minimum atomic E-state index is -0.264. The molecule has 1 aliphatic carbocycles. The fourth-order valence-corrected chi connectivity index (χ4v) is 2.02. The second kappa shape index (κ2) is 5.42. The Morgan fingerprint density at radius 3 is 3.10 bits per heavy atom. The van der Waals surface area contributed by atoms with Crippen LogP contribution in [0.3, 0.4) is 0 Å². The molecule has 0 spiro atoms. The zero-order valence-corrected chi connectivity index (χ0v) is 11.0. The SMILES string of the molecule is NC(CNC(=O)c1cc(-c2cccnc2)on1)C1CC1. The molecule has 1 unspecified atom stereocenters. The molecule has 1 saturated carbocycles. The average molecular weight is 272 g/mol. The van der Waals surface area contributed by atoms with Crippen molar-refractivity contribution in [1.29, 1.82) is 0 Å². The summed E-state index contributed by atoms with van der Waals surface area (Å²) in [5.74, 6) is 0.813. The van der Waals surface area contributed by atoms with Crippen LogP contribution in [0.2, 0.25) is 0 Å². The topological polar surface area (TPSA) is 94.0 Å². The van der Waals surface area contributed by atoms with Gasteiger partial charge in [0, 0.05) is 36.6 Å². The van der Waals surface area contributed by atoms with E-state index < -0.39 is 0 Å². The standard InChI is InChI=1S/C14H16N4O2/c15-11(9-3-4-9)8-17-14(19)12-6-13(20-18-12)10-2-1-5-16-7-10/h1-2,5-7,9,11H,3-4,8,15H2,(H,17,19). The molecule has 0 radical (unpaired) electrons. The molecule has 6 nitrogen and oxygen atoms in total. The van der Waals surface area contributed by atoms with Crippen molar-refractivity contribution in [3.05, 3.63) is 36.3 Å². The molecule has 0 aromatic carbocycles. The smallest absolute Gasteiger partial charge is 0.273 e. The lowest BCUT2D eigenvalue weighted by Crippen LogP contribution is -2.38. The van der Waals surface area contributed by atoms with E-state index in [1.807, 2.05) is 6.07 Å². The van der Waals surface area contributed by atoms with E-state index in [1.54, 1.807) is 24.5 Å². The van der Waals surface area contributed by atoms with Crippen LogP contribution in [0.4, 0.5) is 0 Å². The van der Waals surface area contributed by atoms with Crippen molar-refractivity contribution in [2.24, 2.45) is 11.7 Å². The summed E-state index contributed by atoms with van der Waals surface area (Å²) in [4.78, 5) is 15.9. The Kier molecular flexibility index (Phi) is 3.47. The second-order valence-electron chi connectivity index (χ2n) is 5.03. The molecule has 2 aromatic heterocycles. The summed E-state index contributed by atoms with van der Waals surface area (Å²) in [7, 11) is 0. The van der Waals surface area contributed by atoms with Gasteiger partial charge in [0.1, 0.15) is 0 Å². The fourth-order valence-electron chi connectivity index (χ4n) is 2.02. The monoisotopic (exact) mass is 272 g/mol. The van der Waals surface area contributed by atoms with Gasteiger partial charge in [-0.15, -0.1) is 0 Å². The first kappa shape index (κ1) is 12.8. The number of rotatable bonds is 5. The number of nitrogens with two attached hydrogens (primary N) is 1. The summed E-state index contributed by atoms with van der Waals surface area (Å²) in [6, 6.07) is 5.28. The molecule has 2 aromatic rings. The van der Waals surface area contributed by atoms with Gasteiger partial charge in [0.2, 0.25) is 0 Å². The van der Waals surface area contributed by atoms with Gasteiger partial charge in [-0.2, -0.15) is 0 Å². The maximum Gasteiger partial charge on any atom is 0.273 e. The first-order valence-electron chi connectivity index (χ1n) is 6.65. The molecule has 20 heavy (non-hydrogen) atoms.